The van der Waals surface area contributed by atoms with Gasteiger partial charge in [0.15, 0.2) is 5.75 Å². The molecule has 1 unspecified atom stereocenters. The first-order valence-electron chi connectivity index (χ1n) is 4.80. The first-order chi connectivity index (χ1) is 7.10. The van der Waals surface area contributed by atoms with E-state index in [4.69, 9.17) is 5.11 Å². The third-order valence-electron chi connectivity index (χ3n) is 2.21. The van der Waals surface area contributed by atoms with Gasteiger partial charge < -0.3 is 19.9 Å². The maximum atomic E-state index is 11.1. The molecule has 5 nitrogen and oxygen atoms in total. The van der Waals surface area contributed by atoms with Crippen molar-refractivity contribution in [3.05, 3.63) is 28.2 Å². The van der Waals surface area contributed by atoms with Crippen LogP contribution >= 0.6 is 0 Å². The van der Waals surface area contributed by atoms with Crippen molar-refractivity contribution in [3.63, 3.8) is 0 Å². The smallest absolute Gasteiger partial charge is 0.223 e. The number of hydrogen-bond acceptors (Lipinski definition) is 4. The molecule has 0 saturated heterocycles. The van der Waals surface area contributed by atoms with Crippen LogP contribution in [0.5, 0.6) is 5.75 Å². The highest BCUT2D eigenvalue weighted by Crippen LogP contribution is 2.12. The van der Waals surface area contributed by atoms with Gasteiger partial charge in [-0.15, -0.1) is 0 Å². The Morgan fingerprint density at radius 3 is 2.73 bits per heavy atom. The van der Waals surface area contributed by atoms with Crippen LogP contribution in [-0.4, -0.2) is 32.6 Å². The van der Waals surface area contributed by atoms with Crippen LogP contribution in [0.25, 0.3) is 0 Å². The minimum absolute atomic E-state index is 0.160. The molecule has 0 saturated carbocycles. The zero-order chi connectivity index (χ0) is 11.4. The van der Waals surface area contributed by atoms with E-state index in [1.54, 1.807) is 11.5 Å². The average Bonchev–Trinajstić information content (AvgIpc) is 2.24. The molecular weight excluding hydrogens is 198 g/mol. The third-order valence-corrected chi connectivity index (χ3v) is 2.21. The molecule has 0 aliphatic rings. The molecule has 1 heterocycles. The number of aliphatic hydroxyl groups excluding tert-OH is 2. The van der Waals surface area contributed by atoms with E-state index in [1.807, 2.05) is 0 Å². The van der Waals surface area contributed by atoms with Crippen molar-refractivity contribution < 1.29 is 15.3 Å². The fourth-order valence-corrected chi connectivity index (χ4v) is 1.43. The second kappa shape index (κ2) is 4.95. The monoisotopic (exact) mass is 213 g/mol. The third kappa shape index (κ3) is 2.57. The van der Waals surface area contributed by atoms with Crippen LogP contribution in [0.1, 0.15) is 12.6 Å². The summed E-state index contributed by atoms with van der Waals surface area (Å²) < 4.78 is 1.57. The highest BCUT2D eigenvalue weighted by atomic mass is 16.3. The topological polar surface area (TPSA) is 82.7 Å². The van der Waals surface area contributed by atoms with Gasteiger partial charge in [-0.05, 0) is 6.42 Å². The van der Waals surface area contributed by atoms with Gasteiger partial charge in [-0.2, -0.15) is 0 Å². The minimum atomic E-state index is -0.891. The molecule has 3 N–H and O–H groups in total. The zero-order valence-corrected chi connectivity index (χ0v) is 8.55. The number of aromatic nitrogens is 1. The van der Waals surface area contributed by atoms with Gasteiger partial charge in [0.1, 0.15) is 0 Å². The van der Waals surface area contributed by atoms with Gasteiger partial charge in [-0.3, -0.25) is 4.79 Å². The minimum Gasteiger partial charge on any atom is -0.503 e. The summed E-state index contributed by atoms with van der Waals surface area (Å²) in [4.78, 5) is 11.1. The molecule has 0 aliphatic heterocycles. The Labute approximate surface area is 87.2 Å². The van der Waals surface area contributed by atoms with Crippen molar-refractivity contribution in [3.8, 4) is 5.75 Å². The summed E-state index contributed by atoms with van der Waals surface area (Å²) in [5.74, 6) is -0.287. The largest absolute Gasteiger partial charge is 0.503 e. The predicted molar refractivity (Wildman–Crippen MR) is 54.8 cm³/mol. The molecule has 84 valence electrons. The molecule has 0 amide bonds. The summed E-state index contributed by atoms with van der Waals surface area (Å²) in [6.45, 7) is 1.61. The first kappa shape index (κ1) is 11.7. The molecule has 0 fully saturated rings. The van der Waals surface area contributed by atoms with Gasteiger partial charge in [-0.25, -0.2) is 0 Å². The van der Waals surface area contributed by atoms with Crippen LogP contribution < -0.4 is 5.43 Å². The number of rotatable bonds is 4. The lowest BCUT2D eigenvalue weighted by Gasteiger charge is -2.15. The van der Waals surface area contributed by atoms with E-state index >= 15 is 0 Å². The number of aromatic hydroxyl groups is 1. The van der Waals surface area contributed by atoms with Crippen LogP contribution in [0.3, 0.4) is 0 Å². The second-order valence-corrected chi connectivity index (χ2v) is 3.32. The lowest BCUT2D eigenvalue weighted by Crippen LogP contribution is -2.23. The second-order valence-electron chi connectivity index (χ2n) is 3.32. The molecule has 0 aromatic carbocycles. The van der Waals surface area contributed by atoms with Gasteiger partial charge in [0.25, 0.3) is 0 Å². The molecule has 1 aromatic rings. The lowest BCUT2D eigenvalue weighted by molar-refractivity contribution is 0.0802. The van der Waals surface area contributed by atoms with Crippen molar-refractivity contribution in [2.24, 2.45) is 0 Å². The summed E-state index contributed by atoms with van der Waals surface area (Å²) in [6.07, 6.45) is 1.09. The van der Waals surface area contributed by atoms with Crippen LogP contribution in [-0.2, 0) is 13.0 Å². The Morgan fingerprint density at radius 2 is 2.20 bits per heavy atom. The molecule has 1 aromatic heterocycles. The van der Waals surface area contributed by atoms with E-state index in [0.717, 1.165) is 0 Å². The quantitative estimate of drug-likeness (QED) is 0.628. The molecule has 5 heteroatoms. The fraction of sp³-hybridized carbons (Fsp3) is 0.500. The molecular formula is C10H15NO4. The Bertz CT molecular complexity index is 385. The van der Waals surface area contributed by atoms with E-state index in [2.05, 4.69) is 0 Å². The Balaban J connectivity index is 3.08. The van der Waals surface area contributed by atoms with Crippen molar-refractivity contribution in [1.29, 1.82) is 0 Å². The summed E-state index contributed by atoms with van der Waals surface area (Å²) in [5.41, 5.74) is 0.0385. The van der Waals surface area contributed by atoms with E-state index in [1.165, 1.54) is 12.3 Å². The number of aliphatic hydroxyl groups is 2. The highest BCUT2D eigenvalue weighted by Gasteiger charge is 2.10. The van der Waals surface area contributed by atoms with Crippen LogP contribution in [0, 0.1) is 0 Å². The maximum absolute atomic E-state index is 11.1. The molecule has 0 spiro atoms. The highest BCUT2D eigenvalue weighted by molar-refractivity contribution is 5.26. The van der Waals surface area contributed by atoms with E-state index in [-0.39, 0.29) is 18.9 Å². The zero-order valence-electron chi connectivity index (χ0n) is 8.55. The first-order valence-corrected chi connectivity index (χ1v) is 4.80. The van der Waals surface area contributed by atoms with E-state index in [0.29, 0.717) is 12.1 Å². The van der Waals surface area contributed by atoms with Crippen molar-refractivity contribution in [2.45, 2.75) is 26.0 Å². The van der Waals surface area contributed by atoms with Gasteiger partial charge in [0.2, 0.25) is 5.43 Å². The van der Waals surface area contributed by atoms with Crippen molar-refractivity contribution in [2.75, 3.05) is 6.61 Å². The van der Waals surface area contributed by atoms with E-state index < -0.39 is 11.5 Å². The normalized spacial score (nSPS) is 12.7. The van der Waals surface area contributed by atoms with Crippen LogP contribution in [0.15, 0.2) is 17.1 Å². The summed E-state index contributed by atoms with van der Waals surface area (Å²) >= 11 is 0. The summed E-state index contributed by atoms with van der Waals surface area (Å²) in [6, 6.07) is 1.23. The Kier molecular flexibility index (Phi) is 3.88. The molecule has 0 aliphatic carbocycles. The average molecular weight is 213 g/mol. The molecule has 15 heavy (non-hydrogen) atoms. The number of hydrogen-bond donors (Lipinski definition) is 3. The van der Waals surface area contributed by atoms with Crippen molar-refractivity contribution >= 4 is 0 Å². The lowest BCUT2D eigenvalue weighted by atomic mass is 10.2. The Morgan fingerprint density at radius 1 is 1.53 bits per heavy atom. The van der Waals surface area contributed by atoms with E-state index in [9.17, 15) is 15.0 Å². The van der Waals surface area contributed by atoms with Gasteiger partial charge in [-0.1, -0.05) is 6.92 Å². The number of pyridine rings is 1. The molecule has 1 rings (SSSR count). The van der Waals surface area contributed by atoms with Gasteiger partial charge in [0.05, 0.1) is 24.9 Å². The fourth-order valence-electron chi connectivity index (χ4n) is 1.43. The van der Waals surface area contributed by atoms with Gasteiger partial charge >= 0.3 is 0 Å². The molecule has 0 radical (unpaired) electrons. The summed E-state index contributed by atoms with van der Waals surface area (Å²) in [7, 11) is 0. The van der Waals surface area contributed by atoms with Crippen molar-refractivity contribution in [1.82, 2.24) is 4.57 Å². The number of nitrogens with zero attached hydrogens (tertiary/aromatic N) is 1. The molecule has 1 atom stereocenters. The summed E-state index contributed by atoms with van der Waals surface area (Å²) in [5, 5.41) is 27.4. The van der Waals surface area contributed by atoms with Crippen LogP contribution in [0.2, 0.25) is 0 Å². The standard InChI is InChI=1S/C10H15NO4/c1-2-8-10(15)9(14)3-4-11(8)5-7(13)6-12/h3-4,7,12-13,15H,2,5-6H2,1H3. The predicted octanol–water partition coefficient (Wildman–Crippen LogP) is -0.531. The van der Waals surface area contributed by atoms with Gasteiger partial charge in [0, 0.05) is 12.3 Å². The maximum Gasteiger partial charge on any atom is 0.223 e. The molecule has 0 bridgehead atoms. The SMILES string of the molecule is CCc1c(O)c(=O)ccn1CC(O)CO. The Hall–Kier alpha value is -1.33. The van der Waals surface area contributed by atoms with Crippen LogP contribution in [0.4, 0.5) is 0 Å².